The lowest BCUT2D eigenvalue weighted by molar-refractivity contribution is 0.102. The number of aliphatic hydroxyl groups excluding tert-OH is 2. The Morgan fingerprint density at radius 3 is 1.23 bits per heavy atom. The fourth-order valence-corrected chi connectivity index (χ4v) is 4.84. The van der Waals surface area contributed by atoms with E-state index < -0.39 is 47.1 Å². The Morgan fingerprint density at radius 2 is 0.936 bits per heavy atom. The number of phenolic OH excluding ortho intramolecular Hbond substituents is 1. The van der Waals surface area contributed by atoms with Crippen LogP contribution in [0.5, 0.6) is 17.2 Å². The molecule has 1 aliphatic rings. The molecule has 15 heteroatoms. The van der Waals surface area contributed by atoms with Crippen LogP contribution in [0, 0.1) is 34.9 Å². The third-order valence-electron chi connectivity index (χ3n) is 5.77. The average Bonchev–Trinajstić information content (AvgIpc) is 3.54. The fraction of sp³-hybridized carbons (Fsp3) is 0.438. The number of phenols is 1. The first-order valence-corrected chi connectivity index (χ1v) is 16.7. The molecular weight excluding hydrogens is 834 g/mol. The van der Waals surface area contributed by atoms with E-state index in [4.69, 9.17) is 29.5 Å². The Balaban J connectivity index is 0.000000404. The van der Waals surface area contributed by atoms with E-state index in [0.29, 0.717) is 18.9 Å². The smallest absolute Gasteiger partial charge is 0.162 e. The summed E-state index contributed by atoms with van der Waals surface area (Å²) in [6.07, 6.45) is 1.84. The molecule has 0 saturated carbocycles. The van der Waals surface area contributed by atoms with Crippen molar-refractivity contribution in [3.05, 3.63) is 84.7 Å². The van der Waals surface area contributed by atoms with Crippen LogP contribution in [0.2, 0.25) is 0 Å². The van der Waals surface area contributed by atoms with Gasteiger partial charge in [-0.05, 0) is 113 Å². The molecule has 6 nitrogen and oxygen atoms in total. The van der Waals surface area contributed by atoms with Crippen LogP contribution >= 0.6 is 47.8 Å². The highest BCUT2D eigenvalue weighted by Crippen LogP contribution is 2.31. The number of ether oxygens (including phenoxy) is 3. The Hall–Kier alpha value is -2.04. The highest BCUT2D eigenvalue weighted by Gasteiger charge is 2.17. The number of aromatic hydroxyl groups is 1. The average molecular weight is 871 g/mol. The zero-order valence-corrected chi connectivity index (χ0v) is 30.7. The Morgan fingerprint density at radius 1 is 0.596 bits per heavy atom. The number of rotatable bonds is 8. The standard InChI is InChI=1S/C17H14Br2F4O2.C6H3BrF2O.C5H12O2.C4H8O/c1-8(24-16-6-14(22)12(20)4-10(16)18)3-9(2)25-17-7-15(23)13(21)5-11(17)19;7-3-1-4(8)5(9)2-6(3)10;1-4(6)3-5(2)7;1-2-4-5-3-1/h4-9H,3H2,1-2H3;1-2,10H;4-7H,3H2,1-2H3;1-4H2/t8-,9+;;4-,5+;. The number of halogens is 9. The molecule has 3 aromatic rings. The summed E-state index contributed by atoms with van der Waals surface area (Å²) < 4.78 is 94.1. The molecule has 0 aliphatic carbocycles. The van der Waals surface area contributed by atoms with E-state index in [9.17, 15) is 26.3 Å². The van der Waals surface area contributed by atoms with E-state index in [1.165, 1.54) is 12.8 Å². The second kappa shape index (κ2) is 21.8. The van der Waals surface area contributed by atoms with Gasteiger partial charge in [0, 0.05) is 37.8 Å². The van der Waals surface area contributed by atoms with Crippen molar-refractivity contribution in [3.8, 4) is 17.2 Å². The summed E-state index contributed by atoms with van der Waals surface area (Å²) in [4.78, 5) is 0. The lowest BCUT2D eigenvalue weighted by Gasteiger charge is -2.21. The van der Waals surface area contributed by atoms with E-state index in [1.807, 2.05) is 0 Å². The summed E-state index contributed by atoms with van der Waals surface area (Å²) in [5.41, 5.74) is 0. The van der Waals surface area contributed by atoms with Crippen LogP contribution < -0.4 is 9.47 Å². The maximum Gasteiger partial charge on any atom is 0.162 e. The van der Waals surface area contributed by atoms with Gasteiger partial charge in [0.05, 0.1) is 37.8 Å². The first kappa shape index (κ1) is 43.0. The molecule has 1 saturated heterocycles. The molecule has 3 aromatic carbocycles. The van der Waals surface area contributed by atoms with Gasteiger partial charge in [-0.15, -0.1) is 0 Å². The van der Waals surface area contributed by atoms with Gasteiger partial charge >= 0.3 is 0 Å². The van der Waals surface area contributed by atoms with E-state index in [0.717, 1.165) is 43.5 Å². The molecule has 1 heterocycles. The highest BCUT2D eigenvalue weighted by molar-refractivity contribution is 9.11. The molecule has 0 spiro atoms. The summed E-state index contributed by atoms with van der Waals surface area (Å²) in [5.74, 6) is -6.01. The summed E-state index contributed by atoms with van der Waals surface area (Å²) in [7, 11) is 0. The SMILES string of the molecule is C1CCOC1.C[C@H](C[C@H](C)Oc1cc(F)c(F)cc1Br)Oc1cc(F)c(F)cc1Br.C[C@H](O)C[C@@H](C)O.Oc1cc(F)c(F)cc1Br. The minimum Gasteiger partial charge on any atom is -0.507 e. The molecule has 0 bridgehead atoms. The van der Waals surface area contributed by atoms with Gasteiger partial charge in [-0.1, -0.05) is 0 Å². The quantitative estimate of drug-likeness (QED) is 0.155. The first-order chi connectivity index (χ1) is 21.9. The molecule has 4 atom stereocenters. The van der Waals surface area contributed by atoms with E-state index in [2.05, 4.69) is 47.8 Å². The lowest BCUT2D eigenvalue weighted by atomic mass is 10.2. The van der Waals surface area contributed by atoms with Gasteiger partial charge in [-0.3, -0.25) is 0 Å². The highest BCUT2D eigenvalue weighted by atomic mass is 79.9. The Bertz CT molecular complexity index is 1270. The third-order valence-corrected chi connectivity index (χ3v) is 7.64. The largest absolute Gasteiger partial charge is 0.507 e. The van der Waals surface area contributed by atoms with Crippen LogP contribution in [0.1, 0.15) is 53.4 Å². The van der Waals surface area contributed by atoms with Crippen molar-refractivity contribution in [2.24, 2.45) is 0 Å². The topological polar surface area (TPSA) is 88.4 Å². The molecule has 0 amide bonds. The zero-order valence-electron chi connectivity index (χ0n) is 26.0. The first-order valence-electron chi connectivity index (χ1n) is 14.3. The molecular formula is C32H37Br3F6O6. The van der Waals surface area contributed by atoms with E-state index in [1.54, 1.807) is 27.7 Å². The molecule has 0 radical (unpaired) electrons. The van der Waals surface area contributed by atoms with Crippen LogP contribution in [0.25, 0.3) is 0 Å². The van der Waals surface area contributed by atoms with Crippen LogP contribution in [-0.2, 0) is 4.74 Å². The van der Waals surface area contributed by atoms with Gasteiger partial charge < -0.3 is 29.5 Å². The second-order valence-corrected chi connectivity index (χ2v) is 13.0. The molecule has 1 aliphatic heterocycles. The molecule has 1 fully saturated rings. The van der Waals surface area contributed by atoms with Gasteiger partial charge in [-0.2, -0.15) is 0 Å². The molecule has 264 valence electrons. The van der Waals surface area contributed by atoms with Crippen molar-refractivity contribution in [1.29, 1.82) is 0 Å². The van der Waals surface area contributed by atoms with Crippen molar-refractivity contribution in [2.45, 2.75) is 77.8 Å². The summed E-state index contributed by atoms with van der Waals surface area (Å²) in [5, 5.41) is 25.9. The predicted octanol–water partition coefficient (Wildman–Crippen LogP) is 9.76. The Labute approximate surface area is 295 Å². The van der Waals surface area contributed by atoms with Crippen LogP contribution in [-0.4, -0.2) is 52.9 Å². The fourth-order valence-electron chi connectivity index (χ4n) is 3.70. The van der Waals surface area contributed by atoms with Gasteiger partial charge in [0.1, 0.15) is 17.2 Å². The van der Waals surface area contributed by atoms with E-state index in [-0.39, 0.29) is 42.9 Å². The maximum absolute atomic E-state index is 13.3. The van der Waals surface area contributed by atoms with E-state index >= 15 is 0 Å². The summed E-state index contributed by atoms with van der Waals surface area (Å²) in [6, 6.07) is 5.44. The lowest BCUT2D eigenvalue weighted by Crippen LogP contribution is -2.23. The van der Waals surface area contributed by atoms with Gasteiger partial charge in [0.2, 0.25) is 0 Å². The maximum atomic E-state index is 13.3. The zero-order chi connectivity index (χ0) is 35.8. The second-order valence-electron chi connectivity index (χ2n) is 10.5. The Kier molecular flexibility index (Phi) is 20.0. The molecule has 47 heavy (non-hydrogen) atoms. The van der Waals surface area contributed by atoms with Gasteiger partial charge in [0.15, 0.2) is 34.9 Å². The minimum absolute atomic E-state index is 0.145. The van der Waals surface area contributed by atoms with Gasteiger partial charge in [0.25, 0.3) is 0 Å². The van der Waals surface area contributed by atoms with Gasteiger partial charge in [-0.25, -0.2) is 26.3 Å². The van der Waals surface area contributed by atoms with Crippen LogP contribution in [0.4, 0.5) is 26.3 Å². The molecule has 3 N–H and O–H groups in total. The predicted molar refractivity (Wildman–Crippen MR) is 177 cm³/mol. The third kappa shape index (κ3) is 17.3. The summed E-state index contributed by atoms with van der Waals surface area (Å²) in [6.45, 7) is 8.78. The molecule has 4 rings (SSSR count). The normalized spacial score (nSPS) is 14.6. The van der Waals surface area contributed by atoms with Crippen molar-refractivity contribution >= 4 is 47.8 Å². The minimum atomic E-state index is -1.05. The summed E-state index contributed by atoms with van der Waals surface area (Å²) >= 11 is 9.04. The van der Waals surface area contributed by atoms with Crippen LogP contribution in [0.3, 0.4) is 0 Å². The molecule has 0 aromatic heterocycles. The number of hydrogen-bond acceptors (Lipinski definition) is 6. The molecule has 0 unspecified atom stereocenters. The monoisotopic (exact) mass is 868 g/mol. The van der Waals surface area contributed by atoms with Crippen molar-refractivity contribution < 1.29 is 55.9 Å². The van der Waals surface area contributed by atoms with Crippen LogP contribution in [0.15, 0.2) is 49.8 Å². The van der Waals surface area contributed by atoms with Crippen molar-refractivity contribution in [3.63, 3.8) is 0 Å². The number of aliphatic hydroxyl groups is 2. The van der Waals surface area contributed by atoms with Crippen molar-refractivity contribution in [1.82, 2.24) is 0 Å². The number of hydrogen-bond donors (Lipinski definition) is 3. The van der Waals surface area contributed by atoms with Crippen molar-refractivity contribution in [2.75, 3.05) is 13.2 Å². The number of benzene rings is 3.